The van der Waals surface area contributed by atoms with Crippen molar-refractivity contribution >= 4 is 11.7 Å². The number of imidazole rings is 1. The van der Waals surface area contributed by atoms with Crippen LogP contribution in [-0.2, 0) is 6.54 Å². The number of carbonyl (C=O) groups is 1. The summed E-state index contributed by atoms with van der Waals surface area (Å²) in [6.07, 6.45) is 1.75. The normalized spacial score (nSPS) is 12.5. The number of nitrogens with one attached hydrogen (secondary N) is 1. The highest BCUT2D eigenvalue weighted by molar-refractivity contribution is 5.95. The highest BCUT2D eigenvalue weighted by Gasteiger charge is 2.28. The van der Waals surface area contributed by atoms with Gasteiger partial charge in [0, 0.05) is 12.1 Å². The van der Waals surface area contributed by atoms with E-state index >= 15 is 0 Å². The van der Waals surface area contributed by atoms with Gasteiger partial charge in [-0.15, -0.1) is 0 Å². The third-order valence-corrected chi connectivity index (χ3v) is 4.30. The molecular formula is C19H17FN4O. The number of para-hydroxylation sites is 2. The van der Waals surface area contributed by atoms with Crippen molar-refractivity contribution in [3.63, 3.8) is 0 Å². The lowest BCUT2D eigenvalue weighted by Gasteiger charge is -2.31. The third kappa shape index (κ3) is 2.55. The molecule has 0 unspecified atom stereocenters. The highest BCUT2D eigenvalue weighted by atomic mass is 19.1. The number of aromatic nitrogens is 2. The Balaban J connectivity index is 1.84. The first-order valence-corrected chi connectivity index (χ1v) is 8.16. The van der Waals surface area contributed by atoms with Gasteiger partial charge in [-0.3, -0.25) is 9.47 Å². The molecule has 1 aliphatic rings. The summed E-state index contributed by atoms with van der Waals surface area (Å²) in [6.45, 7) is 2.85. The Bertz CT molecular complexity index is 933. The van der Waals surface area contributed by atoms with E-state index in [1.807, 2.05) is 35.8 Å². The number of benzene rings is 2. The standard InChI is InChI=1S/C19H17FN4O/c1-2-21-19(25)23-11-17-18(13-7-9-14(20)10-8-13)22-12-24(17)16-6-4-3-5-15(16)23/h3-10,12H,2,11H2,1H3,(H,21,25). The molecule has 0 radical (unpaired) electrons. The van der Waals surface area contributed by atoms with Gasteiger partial charge < -0.3 is 5.32 Å². The molecule has 4 rings (SSSR count). The van der Waals surface area contributed by atoms with E-state index in [1.165, 1.54) is 12.1 Å². The molecule has 2 amide bonds. The molecule has 5 nitrogen and oxygen atoms in total. The molecule has 6 heteroatoms. The summed E-state index contributed by atoms with van der Waals surface area (Å²) < 4.78 is 15.2. The maximum Gasteiger partial charge on any atom is 0.322 e. The predicted molar refractivity (Wildman–Crippen MR) is 94.2 cm³/mol. The van der Waals surface area contributed by atoms with Crippen molar-refractivity contribution in [3.05, 3.63) is 66.4 Å². The molecule has 0 atom stereocenters. The van der Waals surface area contributed by atoms with E-state index in [2.05, 4.69) is 10.3 Å². The van der Waals surface area contributed by atoms with Crippen LogP contribution in [-0.4, -0.2) is 22.1 Å². The summed E-state index contributed by atoms with van der Waals surface area (Å²) in [7, 11) is 0. The second kappa shape index (κ2) is 6.05. The monoisotopic (exact) mass is 336 g/mol. The molecule has 0 saturated heterocycles. The summed E-state index contributed by atoms with van der Waals surface area (Å²) in [5.41, 5.74) is 4.21. The minimum atomic E-state index is -0.286. The number of anilines is 1. The molecule has 1 aromatic heterocycles. The number of amides is 2. The number of hydrogen-bond acceptors (Lipinski definition) is 2. The fraction of sp³-hybridized carbons (Fsp3) is 0.158. The van der Waals surface area contributed by atoms with Crippen LogP contribution in [0.15, 0.2) is 54.9 Å². The van der Waals surface area contributed by atoms with Crippen LogP contribution in [0.4, 0.5) is 14.9 Å². The minimum Gasteiger partial charge on any atom is -0.338 e. The van der Waals surface area contributed by atoms with Gasteiger partial charge >= 0.3 is 6.03 Å². The van der Waals surface area contributed by atoms with Crippen LogP contribution in [0.2, 0.25) is 0 Å². The second-order valence-corrected chi connectivity index (χ2v) is 5.83. The molecule has 0 aliphatic carbocycles. The Morgan fingerprint density at radius 1 is 1.16 bits per heavy atom. The first kappa shape index (κ1) is 15.4. The van der Waals surface area contributed by atoms with E-state index < -0.39 is 0 Å². The van der Waals surface area contributed by atoms with Gasteiger partial charge in [0.15, 0.2) is 0 Å². The lowest BCUT2D eigenvalue weighted by molar-refractivity contribution is 0.246. The third-order valence-electron chi connectivity index (χ3n) is 4.30. The maximum absolute atomic E-state index is 13.2. The molecule has 0 bridgehead atoms. The fourth-order valence-corrected chi connectivity index (χ4v) is 3.14. The lowest BCUT2D eigenvalue weighted by Crippen LogP contribution is -2.42. The van der Waals surface area contributed by atoms with Crippen LogP contribution in [0.1, 0.15) is 12.6 Å². The summed E-state index contributed by atoms with van der Waals surface area (Å²) in [4.78, 5) is 18.8. The molecular weight excluding hydrogens is 319 g/mol. The number of fused-ring (bicyclic) bond motifs is 3. The van der Waals surface area contributed by atoms with Gasteiger partial charge in [0.25, 0.3) is 0 Å². The number of urea groups is 1. The van der Waals surface area contributed by atoms with Gasteiger partial charge in [-0.2, -0.15) is 0 Å². The zero-order valence-electron chi connectivity index (χ0n) is 13.7. The fourth-order valence-electron chi connectivity index (χ4n) is 3.14. The van der Waals surface area contributed by atoms with Crippen LogP contribution in [0.25, 0.3) is 16.9 Å². The number of rotatable bonds is 2. The topological polar surface area (TPSA) is 50.2 Å². The van der Waals surface area contributed by atoms with Crippen LogP contribution in [0.5, 0.6) is 0 Å². The molecule has 0 saturated carbocycles. The molecule has 1 N–H and O–H groups in total. The first-order chi connectivity index (χ1) is 12.2. The minimum absolute atomic E-state index is 0.146. The van der Waals surface area contributed by atoms with E-state index in [1.54, 1.807) is 23.4 Å². The second-order valence-electron chi connectivity index (χ2n) is 5.83. The van der Waals surface area contributed by atoms with Crippen molar-refractivity contribution in [1.29, 1.82) is 0 Å². The quantitative estimate of drug-likeness (QED) is 0.775. The SMILES string of the molecule is CCNC(=O)N1Cc2c(-c3ccc(F)cc3)ncn2-c2ccccc21. The number of carbonyl (C=O) groups excluding carboxylic acids is 1. The van der Waals surface area contributed by atoms with Crippen LogP contribution >= 0.6 is 0 Å². The Hall–Kier alpha value is -3.15. The zero-order valence-corrected chi connectivity index (χ0v) is 13.7. The van der Waals surface area contributed by atoms with Gasteiger partial charge in [-0.1, -0.05) is 12.1 Å². The summed E-state index contributed by atoms with van der Waals surface area (Å²) in [6, 6.07) is 13.8. The molecule has 1 aliphatic heterocycles. The smallest absolute Gasteiger partial charge is 0.322 e. The lowest BCUT2D eigenvalue weighted by atomic mass is 10.1. The zero-order chi connectivity index (χ0) is 17.4. The van der Waals surface area contributed by atoms with Gasteiger partial charge in [0.2, 0.25) is 0 Å². The highest BCUT2D eigenvalue weighted by Crippen LogP contribution is 2.35. The Kier molecular flexibility index (Phi) is 3.72. The van der Waals surface area contributed by atoms with Crippen LogP contribution in [0.3, 0.4) is 0 Å². The Morgan fingerprint density at radius 2 is 1.88 bits per heavy atom. The van der Waals surface area contributed by atoms with Crippen molar-refractivity contribution in [2.45, 2.75) is 13.5 Å². The first-order valence-electron chi connectivity index (χ1n) is 8.16. The molecule has 0 fully saturated rings. The van der Waals surface area contributed by atoms with E-state index in [4.69, 9.17) is 0 Å². The summed E-state index contributed by atoms with van der Waals surface area (Å²) >= 11 is 0. The van der Waals surface area contributed by atoms with Gasteiger partial charge in [0.1, 0.15) is 12.1 Å². The van der Waals surface area contributed by atoms with Crippen molar-refractivity contribution in [2.75, 3.05) is 11.4 Å². The van der Waals surface area contributed by atoms with Gasteiger partial charge in [0.05, 0.1) is 29.3 Å². The van der Waals surface area contributed by atoms with Crippen molar-refractivity contribution in [3.8, 4) is 16.9 Å². The van der Waals surface area contributed by atoms with Gasteiger partial charge in [-0.25, -0.2) is 14.2 Å². The van der Waals surface area contributed by atoms with Crippen LogP contribution in [0, 0.1) is 5.82 Å². The number of hydrogen-bond donors (Lipinski definition) is 1. The van der Waals surface area contributed by atoms with Crippen molar-refractivity contribution in [2.24, 2.45) is 0 Å². The van der Waals surface area contributed by atoms with Gasteiger partial charge in [-0.05, 0) is 43.3 Å². The molecule has 2 aromatic carbocycles. The van der Waals surface area contributed by atoms with E-state index in [0.717, 1.165) is 28.3 Å². The van der Waals surface area contributed by atoms with Crippen LogP contribution < -0.4 is 10.2 Å². The summed E-state index contributed by atoms with van der Waals surface area (Å²) in [5, 5.41) is 2.85. The predicted octanol–water partition coefficient (Wildman–Crippen LogP) is 3.73. The molecule has 0 spiro atoms. The van der Waals surface area contributed by atoms with Crippen molar-refractivity contribution in [1.82, 2.24) is 14.9 Å². The molecule has 25 heavy (non-hydrogen) atoms. The average molecular weight is 336 g/mol. The van der Waals surface area contributed by atoms with E-state index in [-0.39, 0.29) is 11.8 Å². The molecule has 126 valence electrons. The Morgan fingerprint density at radius 3 is 2.60 bits per heavy atom. The molecule has 2 heterocycles. The number of halogens is 1. The Labute approximate surface area is 144 Å². The van der Waals surface area contributed by atoms with E-state index in [0.29, 0.717) is 13.1 Å². The average Bonchev–Trinajstić information content (AvgIpc) is 3.06. The summed E-state index contributed by atoms with van der Waals surface area (Å²) in [5.74, 6) is -0.286. The molecule has 3 aromatic rings. The van der Waals surface area contributed by atoms with E-state index in [9.17, 15) is 9.18 Å². The maximum atomic E-state index is 13.2. The number of nitrogens with zero attached hydrogens (tertiary/aromatic N) is 3. The van der Waals surface area contributed by atoms with Crippen molar-refractivity contribution < 1.29 is 9.18 Å². The largest absolute Gasteiger partial charge is 0.338 e.